The fourth-order valence-electron chi connectivity index (χ4n) is 1.33. The van der Waals surface area contributed by atoms with Gasteiger partial charge in [0.05, 0.1) is 13.0 Å². The zero-order valence-electron chi connectivity index (χ0n) is 8.87. The van der Waals surface area contributed by atoms with E-state index >= 15 is 0 Å². The Morgan fingerprint density at radius 1 is 1.67 bits per heavy atom. The summed E-state index contributed by atoms with van der Waals surface area (Å²) in [7, 11) is 0. The Labute approximate surface area is 94.4 Å². The predicted molar refractivity (Wildman–Crippen MR) is 58.9 cm³/mol. The van der Waals surface area contributed by atoms with Gasteiger partial charge in [0, 0.05) is 17.4 Å². The third-order valence-corrected chi connectivity index (χ3v) is 2.45. The number of aromatic nitrogens is 1. The van der Waals surface area contributed by atoms with E-state index in [9.17, 15) is 4.79 Å². The van der Waals surface area contributed by atoms with E-state index in [1.807, 2.05) is 6.92 Å². The van der Waals surface area contributed by atoms with E-state index in [2.05, 4.69) is 4.98 Å². The Kier molecular flexibility index (Phi) is 4.56. The lowest BCUT2D eigenvalue weighted by Gasteiger charge is -2.11. The fraction of sp³-hybridized carbons (Fsp3) is 0.455. The van der Waals surface area contributed by atoms with E-state index in [1.54, 1.807) is 25.4 Å². The van der Waals surface area contributed by atoms with Crippen LogP contribution in [0.15, 0.2) is 18.5 Å². The van der Waals surface area contributed by atoms with Gasteiger partial charge in [0.1, 0.15) is 0 Å². The van der Waals surface area contributed by atoms with Crippen molar-refractivity contribution in [3.05, 3.63) is 29.0 Å². The van der Waals surface area contributed by atoms with Gasteiger partial charge in [0.2, 0.25) is 0 Å². The number of hydrogen-bond donors (Lipinski definition) is 0. The van der Waals surface area contributed by atoms with Gasteiger partial charge in [0.25, 0.3) is 0 Å². The van der Waals surface area contributed by atoms with Crippen LogP contribution in [0.4, 0.5) is 0 Å². The predicted octanol–water partition coefficient (Wildman–Crippen LogP) is 2.79. The van der Waals surface area contributed by atoms with Crippen molar-refractivity contribution < 1.29 is 9.53 Å². The van der Waals surface area contributed by atoms with Gasteiger partial charge in [-0.25, -0.2) is 0 Å². The molecule has 0 saturated heterocycles. The van der Waals surface area contributed by atoms with E-state index < -0.39 is 0 Å². The lowest BCUT2D eigenvalue weighted by atomic mass is 10.00. The monoisotopic (exact) mass is 227 g/mol. The van der Waals surface area contributed by atoms with E-state index in [0.717, 1.165) is 5.56 Å². The molecular weight excluding hydrogens is 214 g/mol. The molecule has 0 aromatic carbocycles. The minimum absolute atomic E-state index is 0.0326. The van der Waals surface area contributed by atoms with Crippen molar-refractivity contribution in [1.82, 2.24) is 4.98 Å². The highest BCUT2D eigenvalue weighted by molar-refractivity contribution is 6.31. The van der Waals surface area contributed by atoms with Crippen LogP contribution < -0.4 is 0 Å². The Balaban J connectivity index is 2.65. The molecule has 1 heterocycles. The fourth-order valence-corrected chi connectivity index (χ4v) is 1.62. The Hall–Kier alpha value is -1.09. The second-order valence-electron chi connectivity index (χ2n) is 3.31. The largest absolute Gasteiger partial charge is 0.466 e. The summed E-state index contributed by atoms with van der Waals surface area (Å²) in [5.74, 6) is -0.171. The molecule has 0 fully saturated rings. The van der Waals surface area contributed by atoms with Gasteiger partial charge in [0.15, 0.2) is 0 Å². The van der Waals surface area contributed by atoms with Crippen LogP contribution in [0.3, 0.4) is 0 Å². The molecule has 1 aromatic rings. The third kappa shape index (κ3) is 3.51. The van der Waals surface area contributed by atoms with Crippen LogP contribution in [0.25, 0.3) is 0 Å². The summed E-state index contributed by atoms with van der Waals surface area (Å²) >= 11 is 5.99. The molecule has 82 valence electrons. The van der Waals surface area contributed by atoms with Gasteiger partial charge >= 0.3 is 5.97 Å². The Morgan fingerprint density at radius 2 is 2.40 bits per heavy atom. The van der Waals surface area contributed by atoms with E-state index in [1.165, 1.54) is 0 Å². The van der Waals surface area contributed by atoms with E-state index in [4.69, 9.17) is 16.3 Å². The van der Waals surface area contributed by atoms with Gasteiger partial charge in [-0.2, -0.15) is 0 Å². The van der Waals surface area contributed by atoms with Gasteiger partial charge in [-0.1, -0.05) is 18.5 Å². The lowest BCUT2D eigenvalue weighted by molar-refractivity contribution is -0.143. The molecule has 0 radical (unpaired) electrons. The summed E-state index contributed by atoms with van der Waals surface area (Å²) in [4.78, 5) is 15.2. The number of nitrogens with zero attached hydrogens (tertiary/aromatic N) is 1. The first-order valence-corrected chi connectivity index (χ1v) is 5.28. The smallest absolute Gasteiger partial charge is 0.306 e. The first kappa shape index (κ1) is 12.0. The molecule has 0 bridgehead atoms. The highest BCUT2D eigenvalue weighted by Crippen LogP contribution is 2.25. The van der Waals surface area contributed by atoms with Gasteiger partial charge in [-0.15, -0.1) is 0 Å². The number of carbonyl (C=O) groups excluding carboxylic acids is 1. The highest BCUT2D eigenvalue weighted by Gasteiger charge is 2.14. The number of halogens is 1. The molecule has 1 unspecified atom stereocenters. The summed E-state index contributed by atoms with van der Waals surface area (Å²) in [5.41, 5.74) is 0.882. The van der Waals surface area contributed by atoms with Crippen molar-refractivity contribution in [3.63, 3.8) is 0 Å². The van der Waals surface area contributed by atoms with Crippen LogP contribution in [0.1, 0.15) is 31.7 Å². The summed E-state index contributed by atoms with van der Waals surface area (Å²) in [6.45, 7) is 4.13. The van der Waals surface area contributed by atoms with Crippen molar-refractivity contribution >= 4 is 17.6 Å². The Morgan fingerprint density at radius 3 is 3.00 bits per heavy atom. The molecule has 0 aliphatic rings. The Bertz CT molecular complexity index is 341. The minimum Gasteiger partial charge on any atom is -0.466 e. The normalized spacial score (nSPS) is 12.2. The average Bonchev–Trinajstić information content (AvgIpc) is 2.18. The van der Waals surface area contributed by atoms with Gasteiger partial charge in [-0.3, -0.25) is 9.78 Å². The average molecular weight is 228 g/mol. The van der Waals surface area contributed by atoms with Crippen LogP contribution in [0.5, 0.6) is 0 Å². The molecule has 0 aliphatic carbocycles. The summed E-state index contributed by atoms with van der Waals surface area (Å²) in [6.07, 6.45) is 3.65. The highest BCUT2D eigenvalue weighted by atomic mass is 35.5. The molecule has 1 aromatic heterocycles. The van der Waals surface area contributed by atoms with Crippen LogP contribution in [-0.2, 0) is 9.53 Å². The molecule has 0 aliphatic heterocycles. The second-order valence-corrected chi connectivity index (χ2v) is 3.71. The third-order valence-electron chi connectivity index (χ3n) is 2.11. The number of esters is 1. The maximum Gasteiger partial charge on any atom is 0.306 e. The van der Waals surface area contributed by atoms with E-state index in [-0.39, 0.29) is 11.9 Å². The number of ether oxygens (including phenoxy) is 1. The molecule has 0 amide bonds. The molecule has 1 atom stereocenters. The van der Waals surface area contributed by atoms with Crippen molar-refractivity contribution in [2.75, 3.05) is 6.61 Å². The van der Waals surface area contributed by atoms with Gasteiger partial charge < -0.3 is 4.74 Å². The molecule has 15 heavy (non-hydrogen) atoms. The van der Waals surface area contributed by atoms with Gasteiger partial charge in [-0.05, 0) is 24.5 Å². The zero-order valence-corrected chi connectivity index (χ0v) is 9.62. The molecule has 0 N–H and O–H groups in total. The van der Waals surface area contributed by atoms with E-state index in [0.29, 0.717) is 18.1 Å². The van der Waals surface area contributed by atoms with Crippen molar-refractivity contribution in [2.24, 2.45) is 0 Å². The standard InChI is InChI=1S/C11H14ClNO2/c1-3-15-11(14)6-8(2)9-7-13-5-4-10(9)12/h4-5,7-8H,3,6H2,1-2H3. The lowest BCUT2D eigenvalue weighted by Crippen LogP contribution is -2.08. The maximum atomic E-state index is 11.3. The topological polar surface area (TPSA) is 39.2 Å². The van der Waals surface area contributed by atoms with Crippen molar-refractivity contribution in [3.8, 4) is 0 Å². The summed E-state index contributed by atoms with van der Waals surface area (Å²) < 4.78 is 4.87. The number of carbonyl (C=O) groups is 1. The number of rotatable bonds is 4. The van der Waals surface area contributed by atoms with Crippen LogP contribution in [-0.4, -0.2) is 17.6 Å². The summed E-state index contributed by atoms with van der Waals surface area (Å²) in [6, 6.07) is 1.72. The molecule has 0 spiro atoms. The SMILES string of the molecule is CCOC(=O)CC(C)c1cnccc1Cl. The minimum atomic E-state index is -0.204. The molecule has 0 saturated carbocycles. The molecule has 1 rings (SSSR count). The van der Waals surface area contributed by atoms with Crippen molar-refractivity contribution in [2.45, 2.75) is 26.2 Å². The zero-order chi connectivity index (χ0) is 11.3. The number of hydrogen-bond acceptors (Lipinski definition) is 3. The van der Waals surface area contributed by atoms with Crippen LogP contribution >= 0.6 is 11.6 Å². The quantitative estimate of drug-likeness (QED) is 0.743. The second kappa shape index (κ2) is 5.71. The first-order chi connectivity index (χ1) is 7.15. The number of pyridine rings is 1. The molecule has 4 heteroatoms. The first-order valence-electron chi connectivity index (χ1n) is 4.90. The molecular formula is C11H14ClNO2. The van der Waals surface area contributed by atoms with Crippen LogP contribution in [0, 0.1) is 0 Å². The molecule has 3 nitrogen and oxygen atoms in total. The summed E-state index contributed by atoms with van der Waals surface area (Å²) in [5, 5.41) is 0.641. The maximum absolute atomic E-state index is 11.3. The van der Waals surface area contributed by atoms with Crippen LogP contribution in [0.2, 0.25) is 5.02 Å². The van der Waals surface area contributed by atoms with Crippen molar-refractivity contribution in [1.29, 1.82) is 0 Å².